The summed E-state index contributed by atoms with van der Waals surface area (Å²) in [6.45, 7) is 8.80. The highest BCUT2D eigenvalue weighted by molar-refractivity contribution is 7.00. The molecule has 0 aliphatic carbocycles. The molecule has 6 nitrogen and oxygen atoms in total. The minimum Gasteiger partial charge on any atom is -0.456 e. The first kappa shape index (κ1) is 48.9. The van der Waals surface area contributed by atoms with Crippen molar-refractivity contribution in [2.45, 2.75) is 27.7 Å². The summed E-state index contributed by atoms with van der Waals surface area (Å²) in [6, 6.07) is 94.9. The van der Waals surface area contributed by atoms with Crippen LogP contribution in [0.1, 0.15) is 22.3 Å². The van der Waals surface area contributed by atoms with Crippen LogP contribution in [0.15, 0.2) is 270 Å². The summed E-state index contributed by atoms with van der Waals surface area (Å²) >= 11 is 0. The van der Waals surface area contributed by atoms with Gasteiger partial charge < -0.3 is 28.4 Å². The van der Waals surface area contributed by atoms with Gasteiger partial charge in [0.25, 0.3) is 6.71 Å². The quantitative estimate of drug-likeness (QED) is 0.141. The first-order valence-corrected chi connectivity index (χ1v) is 29.3. The lowest BCUT2D eigenvalue weighted by atomic mass is 9.33. The largest absolute Gasteiger partial charge is 0.456 e. The molecule has 0 radical (unpaired) electrons. The maximum absolute atomic E-state index is 7.18. The molecule has 15 aromatic rings. The number of aryl methyl sites for hydroxylation is 4. The summed E-state index contributed by atoms with van der Waals surface area (Å²) in [4.78, 5) is 9.73. The predicted molar refractivity (Wildman–Crippen MR) is 358 cm³/mol. The van der Waals surface area contributed by atoms with Gasteiger partial charge in [-0.1, -0.05) is 127 Å². The average Bonchev–Trinajstić information content (AvgIpc) is 2.84. The second kappa shape index (κ2) is 18.9. The van der Waals surface area contributed by atoms with Crippen molar-refractivity contribution in [3.05, 3.63) is 283 Å². The number of para-hydroxylation sites is 6. The van der Waals surface area contributed by atoms with E-state index < -0.39 is 0 Å². The van der Waals surface area contributed by atoms with Crippen LogP contribution < -0.4 is 36.0 Å². The fraction of sp³-hybridized carbons (Fsp3) is 0.0513. The van der Waals surface area contributed by atoms with Crippen LogP contribution in [0.4, 0.5) is 68.2 Å². The van der Waals surface area contributed by atoms with Gasteiger partial charge in [-0.15, -0.1) is 0 Å². The van der Waals surface area contributed by atoms with Gasteiger partial charge in [0, 0.05) is 78.4 Å². The zero-order valence-corrected chi connectivity index (χ0v) is 47.5. The fourth-order valence-electron chi connectivity index (χ4n) is 14.2. The van der Waals surface area contributed by atoms with Gasteiger partial charge in [0.05, 0.1) is 11.4 Å². The van der Waals surface area contributed by atoms with E-state index in [2.05, 4.69) is 308 Å². The lowest BCUT2D eigenvalue weighted by Crippen LogP contribution is -2.61. The smallest absolute Gasteiger partial charge is 0.252 e. The Kier molecular flexibility index (Phi) is 10.9. The Bertz CT molecular complexity index is 4770. The van der Waals surface area contributed by atoms with Crippen LogP contribution >= 0.6 is 0 Å². The van der Waals surface area contributed by atoms with Crippen LogP contribution in [0.5, 0.6) is 0 Å². The number of fused-ring (bicyclic) bond motifs is 12. The number of hydrogen-bond donors (Lipinski definition) is 0. The van der Waals surface area contributed by atoms with Crippen LogP contribution in [0.2, 0.25) is 0 Å². The van der Waals surface area contributed by atoms with E-state index in [9.17, 15) is 0 Å². The molecule has 2 aliphatic rings. The van der Waals surface area contributed by atoms with E-state index in [0.717, 1.165) is 122 Å². The summed E-state index contributed by atoms with van der Waals surface area (Å²) in [5.41, 5.74) is 25.4. The lowest BCUT2D eigenvalue weighted by Gasteiger charge is -2.45. The maximum Gasteiger partial charge on any atom is 0.252 e. The van der Waals surface area contributed by atoms with Crippen LogP contribution in [0.25, 0.3) is 65.4 Å². The highest BCUT2D eigenvalue weighted by atomic mass is 16.3. The van der Waals surface area contributed by atoms with E-state index in [-0.39, 0.29) is 6.71 Å². The molecular formula is C78H55BN4O2. The third kappa shape index (κ3) is 7.60. The van der Waals surface area contributed by atoms with Crippen molar-refractivity contribution in [1.82, 2.24) is 0 Å². The molecule has 7 heteroatoms. The van der Waals surface area contributed by atoms with Gasteiger partial charge in [-0.05, 0) is 221 Å². The molecule has 0 fully saturated rings. The molecule has 0 bridgehead atoms. The SMILES string of the molecule is Cc1cccc(C)c1N1c2cc3c(cc2B2c4cc5oc6cc7cc(N(c8ccccc8)c8ccccc8)ccc7cc6c5cc4N(c4c(C)cccc4C)c4cccc1c42)oc1cc2cc(N(c4ccccc4)c4ccccc4)ccc2cc13. The number of benzene rings is 13. The normalized spacial score (nSPS) is 12.6. The number of hydrogen-bond acceptors (Lipinski definition) is 6. The van der Waals surface area contributed by atoms with E-state index in [0.29, 0.717) is 0 Å². The molecule has 0 atom stereocenters. The number of nitrogens with zero attached hydrogens (tertiary/aromatic N) is 4. The van der Waals surface area contributed by atoms with Gasteiger partial charge in [-0.3, -0.25) is 0 Å². The Labute approximate surface area is 493 Å². The van der Waals surface area contributed by atoms with E-state index in [1.165, 1.54) is 50.0 Å². The van der Waals surface area contributed by atoms with Crippen molar-refractivity contribution in [2.24, 2.45) is 0 Å². The third-order valence-corrected chi connectivity index (χ3v) is 18.0. The molecule has 402 valence electrons. The van der Waals surface area contributed by atoms with Crippen molar-refractivity contribution in [3.63, 3.8) is 0 Å². The molecule has 0 unspecified atom stereocenters. The van der Waals surface area contributed by atoms with Gasteiger partial charge in [0.1, 0.15) is 22.3 Å². The van der Waals surface area contributed by atoms with Gasteiger partial charge in [0.2, 0.25) is 0 Å². The average molecular weight is 1090 g/mol. The van der Waals surface area contributed by atoms with E-state index in [1.807, 2.05) is 0 Å². The third-order valence-electron chi connectivity index (χ3n) is 18.0. The molecule has 13 aromatic carbocycles. The standard InChI is InChI=1S/C78H55BN4O2/c1-48-20-17-21-49(2)77(48)82-68-32-19-33-69-76(68)79(66-46-74-64(44-70(66)82)62-40-52-34-36-60(38-54(52)42-72(62)84-74)80(56-24-9-5-10-25-56)57-26-11-6-12-27-57)67-47-75-65(45-71(67)83(69)78-50(3)22-18-23-51(78)4)63-41-53-35-37-61(39-55(53)43-73(63)85-75)81(58-28-13-7-14-29-58)59-30-15-8-16-31-59/h5-47H,1-4H3. The zero-order valence-electron chi connectivity index (χ0n) is 47.5. The second-order valence-corrected chi connectivity index (χ2v) is 23.1. The first-order chi connectivity index (χ1) is 41.8. The van der Waals surface area contributed by atoms with Gasteiger partial charge in [-0.25, -0.2) is 0 Å². The maximum atomic E-state index is 7.18. The van der Waals surface area contributed by atoms with Crippen LogP contribution in [-0.2, 0) is 0 Å². The fourth-order valence-corrected chi connectivity index (χ4v) is 14.2. The van der Waals surface area contributed by atoms with E-state index in [1.54, 1.807) is 0 Å². The molecule has 0 saturated heterocycles. The zero-order chi connectivity index (χ0) is 56.6. The van der Waals surface area contributed by atoms with Gasteiger partial charge in [-0.2, -0.15) is 0 Å². The Morgan fingerprint density at radius 2 is 0.624 bits per heavy atom. The van der Waals surface area contributed by atoms with Crippen molar-refractivity contribution in [1.29, 1.82) is 0 Å². The molecule has 0 spiro atoms. The van der Waals surface area contributed by atoms with Crippen molar-refractivity contribution in [2.75, 3.05) is 19.6 Å². The Morgan fingerprint density at radius 3 is 1.00 bits per heavy atom. The number of rotatable bonds is 8. The van der Waals surface area contributed by atoms with E-state index in [4.69, 9.17) is 8.83 Å². The summed E-state index contributed by atoms with van der Waals surface area (Å²) in [5, 5.41) is 8.85. The summed E-state index contributed by atoms with van der Waals surface area (Å²) in [7, 11) is 0. The molecule has 0 amide bonds. The minimum atomic E-state index is -0.181. The lowest BCUT2D eigenvalue weighted by molar-refractivity contribution is 0.669. The Balaban J connectivity index is 0.888. The number of furan rings is 2. The number of anilines is 12. The van der Waals surface area contributed by atoms with Crippen LogP contribution in [-0.4, -0.2) is 6.71 Å². The molecule has 0 saturated carbocycles. The van der Waals surface area contributed by atoms with Crippen molar-refractivity contribution in [3.8, 4) is 0 Å². The van der Waals surface area contributed by atoms with Crippen LogP contribution in [0, 0.1) is 27.7 Å². The van der Waals surface area contributed by atoms with Crippen molar-refractivity contribution < 1.29 is 8.83 Å². The highest BCUT2D eigenvalue weighted by Gasteiger charge is 2.45. The predicted octanol–water partition coefficient (Wildman–Crippen LogP) is 20.0. The Morgan fingerprint density at radius 1 is 0.282 bits per heavy atom. The molecule has 2 aromatic heterocycles. The van der Waals surface area contributed by atoms with E-state index >= 15 is 0 Å². The minimum absolute atomic E-state index is 0.181. The summed E-state index contributed by atoms with van der Waals surface area (Å²) in [6.07, 6.45) is 0. The molecular weight excluding hydrogens is 1040 g/mol. The Hall–Kier alpha value is -10.8. The molecule has 17 rings (SSSR count). The first-order valence-electron chi connectivity index (χ1n) is 29.3. The summed E-state index contributed by atoms with van der Waals surface area (Å²) < 4.78 is 14.4. The highest BCUT2D eigenvalue weighted by Crippen LogP contribution is 2.50. The molecule has 0 N–H and O–H groups in total. The van der Waals surface area contributed by atoms with Gasteiger partial charge in [0.15, 0.2) is 0 Å². The molecule has 4 heterocycles. The van der Waals surface area contributed by atoms with Gasteiger partial charge >= 0.3 is 0 Å². The topological polar surface area (TPSA) is 39.2 Å². The summed E-state index contributed by atoms with van der Waals surface area (Å²) in [5.74, 6) is 0. The monoisotopic (exact) mass is 1090 g/mol. The molecule has 85 heavy (non-hydrogen) atoms. The van der Waals surface area contributed by atoms with Crippen molar-refractivity contribution >= 4 is 157 Å². The van der Waals surface area contributed by atoms with Crippen LogP contribution in [0.3, 0.4) is 0 Å². The molecule has 2 aliphatic heterocycles. The second-order valence-electron chi connectivity index (χ2n) is 23.1.